The zero-order chi connectivity index (χ0) is 13.8. The van der Waals surface area contributed by atoms with Crippen molar-refractivity contribution in [2.24, 2.45) is 5.84 Å². The van der Waals surface area contributed by atoms with Crippen LogP contribution in [-0.4, -0.2) is 4.98 Å². The number of hydrogen-bond donors (Lipinski definition) is 2. The van der Waals surface area contributed by atoms with E-state index in [2.05, 4.69) is 34.7 Å². The molecule has 1 unspecified atom stereocenters. The van der Waals surface area contributed by atoms with Crippen LogP contribution in [0, 0.1) is 0 Å². The van der Waals surface area contributed by atoms with Crippen molar-refractivity contribution in [1.82, 2.24) is 4.98 Å². The van der Waals surface area contributed by atoms with Gasteiger partial charge in [0.2, 0.25) is 0 Å². The lowest BCUT2D eigenvalue weighted by Gasteiger charge is -2.25. The highest BCUT2D eigenvalue weighted by Crippen LogP contribution is 2.32. The van der Waals surface area contributed by atoms with Gasteiger partial charge in [-0.25, -0.2) is 0 Å². The van der Waals surface area contributed by atoms with E-state index in [0.717, 1.165) is 24.2 Å². The van der Waals surface area contributed by atoms with E-state index in [1.807, 2.05) is 12.1 Å². The van der Waals surface area contributed by atoms with Crippen molar-refractivity contribution in [2.45, 2.75) is 32.0 Å². The minimum atomic E-state index is 0.177. The molecule has 20 heavy (non-hydrogen) atoms. The number of hydrazine groups is 1. The predicted molar refractivity (Wildman–Crippen MR) is 79.0 cm³/mol. The number of nitrogens with one attached hydrogen (secondary N) is 1. The van der Waals surface area contributed by atoms with Gasteiger partial charge in [-0.3, -0.25) is 10.8 Å². The van der Waals surface area contributed by atoms with E-state index in [9.17, 15) is 0 Å². The molecular formula is C16H19N3O. The van der Waals surface area contributed by atoms with Gasteiger partial charge in [0.1, 0.15) is 0 Å². The fraction of sp³-hybridized carbons (Fsp3) is 0.312. The van der Waals surface area contributed by atoms with Gasteiger partial charge in [0.15, 0.2) is 0 Å². The molecule has 1 aromatic heterocycles. The average Bonchev–Trinajstić information content (AvgIpc) is 2.53. The van der Waals surface area contributed by atoms with Gasteiger partial charge in [-0.05, 0) is 42.5 Å². The molecule has 3 rings (SSSR count). The van der Waals surface area contributed by atoms with Crippen LogP contribution in [0.5, 0.6) is 0 Å². The first-order valence-corrected chi connectivity index (χ1v) is 6.98. The molecule has 1 atom stereocenters. The summed E-state index contributed by atoms with van der Waals surface area (Å²) in [6, 6.07) is 12.3. The van der Waals surface area contributed by atoms with Crippen LogP contribution in [0.15, 0.2) is 42.6 Å². The van der Waals surface area contributed by atoms with Crippen LogP contribution < -0.4 is 11.3 Å². The fourth-order valence-electron chi connectivity index (χ4n) is 2.72. The Balaban J connectivity index is 1.70. The van der Waals surface area contributed by atoms with Crippen molar-refractivity contribution in [3.05, 3.63) is 59.4 Å². The standard InChI is InChI=1S/C16H19N3O/c17-19-13-8-9-18-14(10-13)11-20-16-7-3-5-12-4-1-2-6-15(12)16/h1-2,4,6,8-10,16H,3,5,7,11,17H2,(H,18,19). The van der Waals surface area contributed by atoms with Gasteiger partial charge in [-0.15, -0.1) is 0 Å². The summed E-state index contributed by atoms with van der Waals surface area (Å²) in [6.07, 6.45) is 5.32. The molecule has 0 aliphatic heterocycles. The van der Waals surface area contributed by atoms with Crippen molar-refractivity contribution in [2.75, 3.05) is 5.43 Å². The SMILES string of the molecule is NNc1ccnc(COC2CCCc3ccccc32)c1. The number of pyridine rings is 1. The lowest BCUT2D eigenvalue weighted by Crippen LogP contribution is -2.13. The third-order valence-electron chi connectivity index (χ3n) is 3.73. The highest BCUT2D eigenvalue weighted by molar-refractivity contribution is 5.41. The zero-order valence-corrected chi connectivity index (χ0v) is 11.4. The van der Waals surface area contributed by atoms with Crippen LogP contribution >= 0.6 is 0 Å². The Morgan fingerprint density at radius 1 is 1.30 bits per heavy atom. The van der Waals surface area contributed by atoms with E-state index < -0.39 is 0 Å². The molecule has 0 spiro atoms. The van der Waals surface area contributed by atoms with Gasteiger partial charge in [0.05, 0.1) is 24.1 Å². The number of aromatic nitrogens is 1. The zero-order valence-electron chi connectivity index (χ0n) is 11.4. The second kappa shape index (κ2) is 6.03. The van der Waals surface area contributed by atoms with E-state index in [1.54, 1.807) is 6.20 Å². The first-order chi connectivity index (χ1) is 9.86. The molecule has 0 saturated carbocycles. The number of ether oxygens (including phenoxy) is 1. The molecule has 1 heterocycles. The predicted octanol–water partition coefficient (Wildman–Crippen LogP) is 2.96. The maximum Gasteiger partial charge on any atom is 0.0897 e. The van der Waals surface area contributed by atoms with Gasteiger partial charge in [-0.2, -0.15) is 0 Å². The number of nitrogens with two attached hydrogens (primary N) is 1. The highest BCUT2D eigenvalue weighted by atomic mass is 16.5. The van der Waals surface area contributed by atoms with Crippen LogP contribution in [0.1, 0.15) is 35.8 Å². The fourth-order valence-corrected chi connectivity index (χ4v) is 2.72. The smallest absolute Gasteiger partial charge is 0.0897 e. The van der Waals surface area contributed by atoms with Crippen molar-refractivity contribution in [3.8, 4) is 0 Å². The third kappa shape index (κ3) is 2.81. The third-order valence-corrected chi connectivity index (χ3v) is 3.73. The number of fused-ring (bicyclic) bond motifs is 1. The molecular weight excluding hydrogens is 250 g/mol. The second-order valence-electron chi connectivity index (χ2n) is 5.07. The summed E-state index contributed by atoms with van der Waals surface area (Å²) in [5, 5.41) is 0. The molecule has 2 aromatic rings. The second-order valence-corrected chi connectivity index (χ2v) is 5.07. The molecule has 3 N–H and O–H groups in total. The Hall–Kier alpha value is -1.91. The first kappa shape index (κ1) is 13.1. The Morgan fingerprint density at radius 3 is 3.10 bits per heavy atom. The average molecular weight is 269 g/mol. The number of benzene rings is 1. The highest BCUT2D eigenvalue weighted by Gasteiger charge is 2.20. The van der Waals surface area contributed by atoms with Crippen molar-refractivity contribution < 1.29 is 4.74 Å². The number of hydrogen-bond acceptors (Lipinski definition) is 4. The van der Waals surface area contributed by atoms with Crippen molar-refractivity contribution in [3.63, 3.8) is 0 Å². The molecule has 0 radical (unpaired) electrons. The van der Waals surface area contributed by atoms with Gasteiger partial charge in [0.25, 0.3) is 0 Å². The van der Waals surface area contributed by atoms with Crippen LogP contribution in [0.3, 0.4) is 0 Å². The summed E-state index contributed by atoms with van der Waals surface area (Å²) in [6.45, 7) is 0.508. The lowest BCUT2D eigenvalue weighted by atomic mass is 9.89. The van der Waals surface area contributed by atoms with Crippen LogP contribution in [0.4, 0.5) is 5.69 Å². The van der Waals surface area contributed by atoms with Gasteiger partial charge in [0, 0.05) is 6.20 Å². The quantitative estimate of drug-likeness (QED) is 0.661. The molecule has 1 aromatic carbocycles. The Labute approximate surface area is 119 Å². The van der Waals surface area contributed by atoms with E-state index in [-0.39, 0.29) is 6.10 Å². The van der Waals surface area contributed by atoms with Crippen molar-refractivity contribution in [1.29, 1.82) is 0 Å². The van der Waals surface area contributed by atoms with Crippen molar-refractivity contribution >= 4 is 5.69 Å². The minimum absolute atomic E-state index is 0.177. The Morgan fingerprint density at radius 2 is 2.20 bits per heavy atom. The normalized spacial score (nSPS) is 17.6. The summed E-state index contributed by atoms with van der Waals surface area (Å²) in [7, 11) is 0. The van der Waals surface area contributed by atoms with Gasteiger partial charge < -0.3 is 10.2 Å². The van der Waals surface area contributed by atoms with E-state index in [1.165, 1.54) is 17.5 Å². The summed E-state index contributed by atoms with van der Waals surface area (Å²) < 4.78 is 6.06. The number of nitrogen functional groups attached to an aromatic ring is 1. The molecule has 0 amide bonds. The summed E-state index contributed by atoms with van der Waals surface area (Å²) in [4.78, 5) is 4.31. The number of anilines is 1. The van der Waals surface area contributed by atoms with Crippen LogP contribution in [0.25, 0.3) is 0 Å². The maximum absolute atomic E-state index is 6.06. The first-order valence-electron chi connectivity index (χ1n) is 6.98. The largest absolute Gasteiger partial charge is 0.367 e. The van der Waals surface area contributed by atoms with E-state index >= 15 is 0 Å². The summed E-state index contributed by atoms with van der Waals surface area (Å²) in [5.74, 6) is 5.40. The maximum atomic E-state index is 6.06. The van der Waals surface area contributed by atoms with Crippen LogP contribution in [0.2, 0.25) is 0 Å². The Kier molecular flexibility index (Phi) is 3.95. The van der Waals surface area contributed by atoms with E-state index in [4.69, 9.17) is 10.6 Å². The number of aryl methyl sites for hydroxylation is 1. The molecule has 0 saturated heterocycles. The topological polar surface area (TPSA) is 60.2 Å². The molecule has 0 bridgehead atoms. The van der Waals surface area contributed by atoms with E-state index in [0.29, 0.717) is 6.61 Å². The molecule has 1 aliphatic rings. The molecule has 1 aliphatic carbocycles. The molecule has 4 nitrogen and oxygen atoms in total. The van der Waals surface area contributed by atoms with Gasteiger partial charge >= 0.3 is 0 Å². The lowest BCUT2D eigenvalue weighted by molar-refractivity contribution is 0.0265. The minimum Gasteiger partial charge on any atom is -0.367 e. The molecule has 0 fully saturated rings. The van der Waals surface area contributed by atoms with Crippen LogP contribution in [-0.2, 0) is 17.8 Å². The summed E-state index contributed by atoms with van der Waals surface area (Å²) in [5.41, 5.74) is 7.10. The molecule has 104 valence electrons. The molecule has 4 heteroatoms. The Bertz CT molecular complexity index is 585. The number of rotatable bonds is 4. The summed E-state index contributed by atoms with van der Waals surface area (Å²) >= 11 is 0. The van der Waals surface area contributed by atoms with Gasteiger partial charge in [-0.1, -0.05) is 24.3 Å². The number of nitrogens with zero attached hydrogens (tertiary/aromatic N) is 1. The monoisotopic (exact) mass is 269 g/mol.